The average molecular weight is 259 g/mol. The van der Waals surface area contributed by atoms with E-state index in [2.05, 4.69) is 4.72 Å². The van der Waals surface area contributed by atoms with Crippen LogP contribution in [0.3, 0.4) is 0 Å². The normalized spacial score (nSPS) is 18.0. The maximum absolute atomic E-state index is 11.8. The van der Waals surface area contributed by atoms with Crippen LogP contribution in [0.4, 0.5) is 0 Å². The summed E-state index contributed by atoms with van der Waals surface area (Å²) in [7, 11) is -3.24. The van der Waals surface area contributed by atoms with E-state index < -0.39 is 10.0 Å². The molecule has 1 fully saturated rings. The minimum atomic E-state index is -3.24. The molecule has 2 rings (SSSR count). The zero-order chi connectivity index (χ0) is 11.4. The molecular formula is C11H17NO2S2. The molecule has 0 amide bonds. The minimum Gasteiger partial charge on any atom is -0.210 e. The molecule has 1 N–H and O–H groups in total. The van der Waals surface area contributed by atoms with E-state index in [9.17, 15) is 8.42 Å². The van der Waals surface area contributed by atoms with Gasteiger partial charge in [-0.15, -0.1) is 11.3 Å². The van der Waals surface area contributed by atoms with Gasteiger partial charge >= 0.3 is 0 Å². The highest BCUT2D eigenvalue weighted by molar-refractivity contribution is 7.91. The molecule has 0 radical (unpaired) electrons. The van der Waals surface area contributed by atoms with E-state index >= 15 is 0 Å². The lowest BCUT2D eigenvalue weighted by Crippen LogP contribution is -2.25. The Morgan fingerprint density at radius 1 is 1.38 bits per heavy atom. The summed E-state index contributed by atoms with van der Waals surface area (Å²) in [6.45, 7) is 0.574. The highest BCUT2D eigenvalue weighted by atomic mass is 32.2. The largest absolute Gasteiger partial charge is 0.250 e. The third-order valence-corrected chi connectivity index (χ3v) is 5.94. The Hall–Kier alpha value is -0.390. The van der Waals surface area contributed by atoms with E-state index in [0.29, 0.717) is 10.8 Å². The summed E-state index contributed by atoms with van der Waals surface area (Å²) >= 11 is 1.26. The molecule has 0 bridgehead atoms. The Kier molecular flexibility index (Phi) is 4.00. The molecule has 1 saturated carbocycles. The Morgan fingerprint density at radius 2 is 2.12 bits per heavy atom. The molecule has 90 valence electrons. The first-order chi connectivity index (χ1) is 7.68. The Balaban J connectivity index is 1.81. The molecule has 0 aromatic carbocycles. The number of nitrogens with one attached hydrogen (secondary N) is 1. The number of sulfonamides is 1. The molecule has 3 nitrogen and oxygen atoms in total. The van der Waals surface area contributed by atoms with Crippen LogP contribution >= 0.6 is 11.3 Å². The van der Waals surface area contributed by atoms with Gasteiger partial charge in [0, 0.05) is 6.54 Å². The first kappa shape index (κ1) is 12.1. The second-order valence-electron chi connectivity index (χ2n) is 4.27. The average Bonchev–Trinajstić information content (AvgIpc) is 2.90. The van der Waals surface area contributed by atoms with Gasteiger partial charge in [-0.1, -0.05) is 31.7 Å². The molecule has 5 heteroatoms. The molecule has 0 atom stereocenters. The van der Waals surface area contributed by atoms with Crippen LogP contribution in [0.1, 0.15) is 32.1 Å². The van der Waals surface area contributed by atoms with Crippen molar-refractivity contribution in [2.45, 2.75) is 36.3 Å². The SMILES string of the molecule is O=S(=O)(NCCC1CCCC1)c1cccs1. The van der Waals surface area contributed by atoms with Crippen molar-refractivity contribution in [3.63, 3.8) is 0 Å². The Morgan fingerprint density at radius 3 is 2.75 bits per heavy atom. The zero-order valence-corrected chi connectivity index (χ0v) is 10.8. The summed E-state index contributed by atoms with van der Waals surface area (Å²) in [5.41, 5.74) is 0. The third-order valence-electron chi connectivity index (χ3n) is 3.08. The quantitative estimate of drug-likeness (QED) is 0.883. The van der Waals surface area contributed by atoms with E-state index in [0.717, 1.165) is 12.3 Å². The van der Waals surface area contributed by atoms with Crippen molar-refractivity contribution in [1.29, 1.82) is 0 Å². The Labute approximate surface area is 101 Å². The van der Waals surface area contributed by atoms with E-state index in [1.165, 1.54) is 37.0 Å². The van der Waals surface area contributed by atoms with Crippen LogP contribution in [0, 0.1) is 5.92 Å². The highest BCUT2D eigenvalue weighted by Crippen LogP contribution is 2.27. The van der Waals surface area contributed by atoms with Gasteiger partial charge in [0.15, 0.2) is 0 Å². The minimum absolute atomic E-state index is 0.416. The molecule has 0 aliphatic heterocycles. The first-order valence-corrected chi connectivity index (χ1v) is 8.08. The maximum Gasteiger partial charge on any atom is 0.250 e. The number of thiophene rings is 1. The van der Waals surface area contributed by atoms with Crippen molar-refractivity contribution in [1.82, 2.24) is 4.72 Å². The second-order valence-corrected chi connectivity index (χ2v) is 7.21. The Bertz CT molecular complexity index is 405. The standard InChI is InChI=1S/C11H17NO2S2/c13-16(14,11-6-3-9-15-11)12-8-7-10-4-1-2-5-10/h3,6,9-10,12H,1-2,4-5,7-8H2. The monoisotopic (exact) mass is 259 g/mol. The van der Waals surface area contributed by atoms with Crippen molar-refractivity contribution in [3.05, 3.63) is 17.5 Å². The lowest BCUT2D eigenvalue weighted by molar-refractivity contribution is 0.496. The summed E-state index contributed by atoms with van der Waals surface area (Å²) in [5.74, 6) is 0.728. The number of hydrogen-bond acceptors (Lipinski definition) is 3. The lowest BCUT2D eigenvalue weighted by Gasteiger charge is -2.09. The van der Waals surface area contributed by atoms with E-state index in [1.54, 1.807) is 17.5 Å². The summed E-state index contributed by atoms with van der Waals surface area (Å²) in [6.07, 6.45) is 6.12. The fourth-order valence-electron chi connectivity index (χ4n) is 2.18. The second kappa shape index (κ2) is 5.29. The van der Waals surface area contributed by atoms with Crippen LogP contribution in [0.5, 0.6) is 0 Å². The summed E-state index contributed by atoms with van der Waals surface area (Å²) in [5, 5.41) is 1.78. The molecule has 1 heterocycles. The number of rotatable bonds is 5. The molecule has 16 heavy (non-hydrogen) atoms. The molecule has 0 spiro atoms. The summed E-state index contributed by atoms with van der Waals surface area (Å²) < 4.78 is 26.6. The molecule has 1 aliphatic rings. The van der Waals surface area contributed by atoms with Crippen LogP contribution in [-0.4, -0.2) is 15.0 Å². The number of hydrogen-bond donors (Lipinski definition) is 1. The zero-order valence-electron chi connectivity index (χ0n) is 9.19. The van der Waals surface area contributed by atoms with E-state index in [4.69, 9.17) is 0 Å². The van der Waals surface area contributed by atoms with Crippen molar-refractivity contribution in [2.75, 3.05) is 6.54 Å². The van der Waals surface area contributed by atoms with Crippen molar-refractivity contribution in [2.24, 2.45) is 5.92 Å². The van der Waals surface area contributed by atoms with Crippen LogP contribution < -0.4 is 4.72 Å². The van der Waals surface area contributed by atoms with Gasteiger partial charge < -0.3 is 0 Å². The third kappa shape index (κ3) is 3.06. The molecule has 1 aromatic heterocycles. The highest BCUT2D eigenvalue weighted by Gasteiger charge is 2.17. The van der Waals surface area contributed by atoms with Crippen molar-refractivity contribution < 1.29 is 8.42 Å². The lowest BCUT2D eigenvalue weighted by atomic mass is 10.1. The van der Waals surface area contributed by atoms with Gasteiger partial charge in [-0.2, -0.15) is 0 Å². The maximum atomic E-state index is 11.8. The summed E-state index contributed by atoms with van der Waals surface area (Å²) in [4.78, 5) is 0. The van der Waals surface area contributed by atoms with Crippen LogP contribution in [0.15, 0.2) is 21.7 Å². The predicted molar refractivity (Wildman–Crippen MR) is 66.1 cm³/mol. The van der Waals surface area contributed by atoms with E-state index in [-0.39, 0.29) is 0 Å². The predicted octanol–water partition coefficient (Wildman–Crippen LogP) is 2.61. The molecular weight excluding hydrogens is 242 g/mol. The van der Waals surface area contributed by atoms with Gasteiger partial charge in [-0.25, -0.2) is 13.1 Å². The molecule has 0 saturated heterocycles. The van der Waals surface area contributed by atoms with Gasteiger partial charge in [-0.3, -0.25) is 0 Å². The fourth-order valence-corrected chi connectivity index (χ4v) is 4.27. The smallest absolute Gasteiger partial charge is 0.210 e. The molecule has 1 aliphatic carbocycles. The van der Waals surface area contributed by atoms with Gasteiger partial charge in [0.1, 0.15) is 4.21 Å². The van der Waals surface area contributed by atoms with E-state index in [1.807, 2.05) is 0 Å². The van der Waals surface area contributed by atoms with Gasteiger partial charge in [0.25, 0.3) is 0 Å². The summed E-state index contributed by atoms with van der Waals surface area (Å²) in [6, 6.07) is 3.40. The first-order valence-electron chi connectivity index (χ1n) is 5.72. The van der Waals surface area contributed by atoms with Gasteiger partial charge in [0.2, 0.25) is 10.0 Å². The van der Waals surface area contributed by atoms with Crippen molar-refractivity contribution >= 4 is 21.4 Å². The van der Waals surface area contributed by atoms with Crippen molar-refractivity contribution in [3.8, 4) is 0 Å². The topological polar surface area (TPSA) is 46.2 Å². The van der Waals surface area contributed by atoms with Crippen LogP contribution in [-0.2, 0) is 10.0 Å². The molecule has 1 aromatic rings. The van der Waals surface area contributed by atoms with Crippen LogP contribution in [0.25, 0.3) is 0 Å². The van der Waals surface area contributed by atoms with Gasteiger partial charge in [0.05, 0.1) is 0 Å². The fraction of sp³-hybridized carbons (Fsp3) is 0.636. The van der Waals surface area contributed by atoms with Crippen LogP contribution in [0.2, 0.25) is 0 Å². The van der Waals surface area contributed by atoms with Gasteiger partial charge in [-0.05, 0) is 23.8 Å². The molecule has 0 unspecified atom stereocenters.